The van der Waals surface area contributed by atoms with Crippen molar-refractivity contribution >= 4 is 5.91 Å². The molecule has 2 N–H and O–H groups in total. The van der Waals surface area contributed by atoms with E-state index in [4.69, 9.17) is 15.2 Å². The molecule has 1 aromatic carbocycles. The SMILES string of the molecule is COc1ccc(CCC(N)=O)cc1OC1CCCCC1. The molecule has 4 heteroatoms. The van der Waals surface area contributed by atoms with E-state index in [0.29, 0.717) is 12.8 Å². The van der Waals surface area contributed by atoms with E-state index in [0.717, 1.165) is 29.9 Å². The third-order valence-electron chi connectivity index (χ3n) is 3.73. The predicted octanol–water partition coefficient (Wildman–Crippen LogP) is 2.82. The molecule has 2 rings (SSSR count). The number of rotatable bonds is 6. The molecule has 1 amide bonds. The monoisotopic (exact) mass is 277 g/mol. The van der Waals surface area contributed by atoms with Crippen molar-refractivity contribution in [1.29, 1.82) is 0 Å². The van der Waals surface area contributed by atoms with Gasteiger partial charge in [-0.1, -0.05) is 12.5 Å². The van der Waals surface area contributed by atoms with Crippen molar-refractivity contribution in [2.45, 2.75) is 51.0 Å². The minimum absolute atomic E-state index is 0.282. The molecule has 1 aliphatic rings. The van der Waals surface area contributed by atoms with E-state index in [2.05, 4.69) is 0 Å². The highest BCUT2D eigenvalue weighted by atomic mass is 16.5. The molecule has 0 aliphatic heterocycles. The molecule has 0 unspecified atom stereocenters. The van der Waals surface area contributed by atoms with Gasteiger partial charge in [-0.15, -0.1) is 0 Å². The van der Waals surface area contributed by atoms with Gasteiger partial charge in [0.15, 0.2) is 11.5 Å². The first-order valence-corrected chi connectivity index (χ1v) is 7.31. The Hall–Kier alpha value is -1.71. The lowest BCUT2D eigenvalue weighted by atomic mass is 9.98. The summed E-state index contributed by atoms with van der Waals surface area (Å²) in [5.74, 6) is 1.25. The van der Waals surface area contributed by atoms with Crippen LogP contribution in [-0.4, -0.2) is 19.1 Å². The van der Waals surface area contributed by atoms with E-state index in [1.54, 1.807) is 7.11 Å². The summed E-state index contributed by atoms with van der Waals surface area (Å²) in [4.78, 5) is 10.9. The molecule has 0 aromatic heterocycles. The van der Waals surface area contributed by atoms with Gasteiger partial charge in [-0.2, -0.15) is 0 Å². The maximum atomic E-state index is 10.9. The van der Waals surface area contributed by atoms with Gasteiger partial charge in [0.25, 0.3) is 0 Å². The van der Waals surface area contributed by atoms with Crippen LogP contribution in [0.15, 0.2) is 18.2 Å². The summed E-state index contributed by atoms with van der Waals surface area (Å²) in [6.07, 6.45) is 7.25. The summed E-state index contributed by atoms with van der Waals surface area (Å²) >= 11 is 0. The highest BCUT2D eigenvalue weighted by molar-refractivity contribution is 5.74. The first-order valence-electron chi connectivity index (χ1n) is 7.31. The van der Waals surface area contributed by atoms with Crippen LogP contribution in [-0.2, 0) is 11.2 Å². The van der Waals surface area contributed by atoms with Crippen LogP contribution in [0.4, 0.5) is 0 Å². The summed E-state index contributed by atoms with van der Waals surface area (Å²) in [5, 5.41) is 0. The van der Waals surface area contributed by atoms with Crippen molar-refractivity contribution in [3.63, 3.8) is 0 Å². The van der Waals surface area contributed by atoms with Gasteiger partial charge in [0.05, 0.1) is 13.2 Å². The molecule has 20 heavy (non-hydrogen) atoms. The average Bonchev–Trinajstić information content (AvgIpc) is 2.46. The molecule has 1 fully saturated rings. The van der Waals surface area contributed by atoms with Gasteiger partial charge >= 0.3 is 0 Å². The highest BCUT2D eigenvalue weighted by Crippen LogP contribution is 2.32. The smallest absolute Gasteiger partial charge is 0.217 e. The minimum atomic E-state index is -0.282. The van der Waals surface area contributed by atoms with E-state index >= 15 is 0 Å². The highest BCUT2D eigenvalue weighted by Gasteiger charge is 2.17. The van der Waals surface area contributed by atoms with Gasteiger partial charge in [-0.05, 0) is 49.8 Å². The number of amides is 1. The van der Waals surface area contributed by atoms with Crippen molar-refractivity contribution in [3.8, 4) is 11.5 Å². The second kappa shape index (κ2) is 7.17. The van der Waals surface area contributed by atoms with Gasteiger partial charge < -0.3 is 15.2 Å². The molecule has 0 heterocycles. The minimum Gasteiger partial charge on any atom is -0.493 e. The maximum absolute atomic E-state index is 10.9. The Bertz CT molecular complexity index is 453. The molecule has 0 saturated heterocycles. The van der Waals surface area contributed by atoms with E-state index in [9.17, 15) is 4.79 Å². The Morgan fingerprint density at radius 3 is 2.65 bits per heavy atom. The van der Waals surface area contributed by atoms with E-state index in [-0.39, 0.29) is 12.0 Å². The van der Waals surface area contributed by atoms with Crippen LogP contribution in [0.3, 0.4) is 0 Å². The zero-order valence-electron chi connectivity index (χ0n) is 12.1. The van der Waals surface area contributed by atoms with Gasteiger partial charge in [-0.25, -0.2) is 0 Å². The normalized spacial score (nSPS) is 15.8. The number of hydrogen-bond acceptors (Lipinski definition) is 3. The predicted molar refractivity (Wildman–Crippen MR) is 78.0 cm³/mol. The van der Waals surface area contributed by atoms with Crippen LogP contribution in [0.1, 0.15) is 44.1 Å². The first-order chi connectivity index (χ1) is 9.69. The van der Waals surface area contributed by atoms with E-state index < -0.39 is 0 Å². The van der Waals surface area contributed by atoms with Crippen LogP contribution >= 0.6 is 0 Å². The largest absolute Gasteiger partial charge is 0.493 e. The lowest BCUT2D eigenvalue weighted by Gasteiger charge is -2.24. The third-order valence-corrected chi connectivity index (χ3v) is 3.73. The van der Waals surface area contributed by atoms with Crippen LogP contribution in [0.25, 0.3) is 0 Å². The fourth-order valence-corrected chi connectivity index (χ4v) is 2.60. The molecule has 4 nitrogen and oxygen atoms in total. The second-order valence-corrected chi connectivity index (χ2v) is 5.33. The molecule has 0 bridgehead atoms. The molecule has 0 spiro atoms. The summed E-state index contributed by atoms with van der Waals surface area (Å²) in [6, 6.07) is 5.82. The lowest BCUT2D eigenvalue weighted by Crippen LogP contribution is -2.20. The van der Waals surface area contributed by atoms with Crippen LogP contribution in [0.5, 0.6) is 11.5 Å². The third kappa shape index (κ3) is 4.15. The van der Waals surface area contributed by atoms with Gasteiger partial charge in [-0.3, -0.25) is 4.79 Å². The molecule has 1 aromatic rings. The standard InChI is InChI=1S/C16H23NO3/c1-19-14-9-7-12(8-10-16(17)18)11-15(14)20-13-5-3-2-4-6-13/h7,9,11,13H,2-6,8,10H2,1H3,(H2,17,18). The van der Waals surface area contributed by atoms with Crippen LogP contribution in [0, 0.1) is 0 Å². The van der Waals surface area contributed by atoms with Crippen molar-refractivity contribution in [2.75, 3.05) is 7.11 Å². The van der Waals surface area contributed by atoms with Gasteiger partial charge in [0, 0.05) is 6.42 Å². The maximum Gasteiger partial charge on any atom is 0.217 e. The Morgan fingerprint density at radius 1 is 1.25 bits per heavy atom. The number of carbonyl (C=O) groups excluding carboxylic acids is 1. The van der Waals surface area contributed by atoms with E-state index in [1.807, 2.05) is 18.2 Å². The molecular formula is C16H23NO3. The quantitative estimate of drug-likeness (QED) is 0.869. The summed E-state index contributed by atoms with van der Waals surface area (Å²) in [5.41, 5.74) is 6.24. The van der Waals surface area contributed by atoms with Crippen molar-refractivity contribution in [1.82, 2.24) is 0 Å². The number of benzene rings is 1. The number of hydrogen-bond donors (Lipinski definition) is 1. The zero-order chi connectivity index (χ0) is 14.4. The van der Waals surface area contributed by atoms with Crippen LogP contribution in [0.2, 0.25) is 0 Å². The number of ether oxygens (including phenoxy) is 2. The Balaban J connectivity index is 2.07. The Kier molecular flexibility index (Phi) is 5.27. The lowest BCUT2D eigenvalue weighted by molar-refractivity contribution is -0.117. The number of aryl methyl sites for hydroxylation is 1. The molecule has 110 valence electrons. The fraction of sp³-hybridized carbons (Fsp3) is 0.562. The Labute approximate surface area is 120 Å². The average molecular weight is 277 g/mol. The Morgan fingerprint density at radius 2 is 2.00 bits per heavy atom. The number of primary amides is 1. The topological polar surface area (TPSA) is 61.5 Å². The first kappa shape index (κ1) is 14.7. The molecular weight excluding hydrogens is 254 g/mol. The van der Waals surface area contributed by atoms with E-state index in [1.165, 1.54) is 19.3 Å². The summed E-state index contributed by atoms with van der Waals surface area (Å²) in [7, 11) is 1.64. The molecule has 0 radical (unpaired) electrons. The molecule has 0 atom stereocenters. The van der Waals surface area contributed by atoms with Gasteiger partial charge in [0.2, 0.25) is 5.91 Å². The molecule has 1 saturated carbocycles. The van der Waals surface area contributed by atoms with Crippen LogP contribution < -0.4 is 15.2 Å². The number of methoxy groups -OCH3 is 1. The number of nitrogens with two attached hydrogens (primary N) is 1. The summed E-state index contributed by atoms with van der Waals surface area (Å²) in [6.45, 7) is 0. The van der Waals surface area contributed by atoms with Crippen molar-refractivity contribution < 1.29 is 14.3 Å². The second-order valence-electron chi connectivity index (χ2n) is 5.33. The van der Waals surface area contributed by atoms with Crippen molar-refractivity contribution in [2.24, 2.45) is 5.73 Å². The molecule has 1 aliphatic carbocycles. The van der Waals surface area contributed by atoms with Crippen molar-refractivity contribution in [3.05, 3.63) is 23.8 Å². The zero-order valence-corrected chi connectivity index (χ0v) is 12.1. The van der Waals surface area contributed by atoms with Gasteiger partial charge in [0.1, 0.15) is 0 Å². The number of carbonyl (C=O) groups is 1. The fourth-order valence-electron chi connectivity index (χ4n) is 2.60. The summed E-state index contributed by atoms with van der Waals surface area (Å²) < 4.78 is 11.4.